The van der Waals surface area contributed by atoms with E-state index >= 15 is 0 Å². The second-order valence-electron chi connectivity index (χ2n) is 7.11. The summed E-state index contributed by atoms with van der Waals surface area (Å²) in [6.07, 6.45) is 3.26. The van der Waals surface area contributed by atoms with Gasteiger partial charge in [-0.15, -0.1) is 0 Å². The van der Waals surface area contributed by atoms with E-state index in [-0.39, 0.29) is 5.92 Å². The second kappa shape index (κ2) is 7.50. The maximum atomic E-state index is 11.7. The minimum atomic E-state index is -0.836. The van der Waals surface area contributed by atoms with Crippen molar-refractivity contribution in [2.24, 2.45) is 0 Å². The van der Waals surface area contributed by atoms with Crippen molar-refractivity contribution in [3.05, 3.63) is 71.3 Å². The molecule has 2 aromatic rings. The number of rotatable bonds is 6. The molecule has 2 unspecified atom stereocenters. The van der Waals surface area contributed by atoms with Crippen molar-refractivity contribution in [3.63, 3.8) is 0 Å². The summed E-state index contributed by atoms with van der Waals surface area (Å²) in [5.41, 5.74) is 2.66. The highest BCUT2D eigenvalue weighted by Gasteiger charge is 2.39. The van der Waals surface area contributed by atoms with Gasteiger partial charge in [-0.05, 0) is 50.4 Å². The van der Waals surface area contributed by atoms with Crippen LogP contribution in [0.1, 0.15) is 48.8 Å². The van der Waals surface area contributed by atoms with Crippen molar-refractivity contribution in [1.29, 1.82) is 0 Å². The summed E-state index contributed by atoms with van der Waals surface area (Å²) < 4.78 is 0. The molecule has 128 valence electrons. The van der Waals surface area contributed by atoms with E-state index in [4.69, 9.17) is 0 Å². The Kier molecular flexibility index (Phi) is 5.37. The number of likely N-dealkylation sites (tertiary alicyclic amines) is 1. The SMILES string of the molecule is CCC(O)(c1ccc(C)cc1)C(CN1CCCC1)c1ccccc1. The van der Waals surface area contributed by atoms with Crippen LogP contribution in [0.5, 0.6) is 0 Å². The quantitative estimate of drug-likeness (QED) is 0.847. The highest BCUT2D eigenvalue weighted by molar-refractivity contribution is 5.33. The summed E-state index contributed by atoms with van der Waals surface area (Å²) in [7, 11) is 0. The van der Waals surface area contributed by atoms with Gasteiger partial charge in [0.1, 0.15) is 0 Å². The molecule has 2 heteroatoms. The Morgan fingerprint density at radius 2 is 1.62 bits per heavy atom. The average Bonchev–Trinajstić information content (AvgIpc) is 3.14. The third-order valence-electron chi connectivity index (χ3n) is 5.51. The number of benzene rings is 2. The average molecular weight is 323 g/mol. The van der Waals surface area contributed by atoms with Gasteiger partial charge in [-0.25, -0.2) is 0 Å². The lowest BCUT2D eigenvalue weighted by atomic mass is 9.75. The van der Waals surface area contributed by atoms with Crippen molar-refractivity contribution in [2.75, 3.05) is 19.6 Å². The molecule has 1 aliphatic rings. The van der Waals surface area contributed by atoms with Crippen molar-refractivity contribution in [2.45, 2.75) is 44.6 Å². The topological polar surface area (TPSA) is 23.5 Å². The lowest BCUT2D eigenvalue weighted by Gasteiger charge is -2.38. The third kappa shape index (κ3) is 3.55. The summed E-state index contributed by atoms with van der Waals surface area (Å²) in [5.74, 6) is 0.0875. The van der Waals surface area contributed by atoms with Crippen LogP contribution < -0.4 is 0 Å². The molecule has 0 saturated carbocycles. The normalized spacial score (nSPS) is 19.1. The molecule has 1 aliphatic heterocycles. The highest BCUT2D eigenvalue weighted by Crippen LogP contribution is 2.40. The third-order valence-corrected chi connectivity index (χ3v) is 5.51. The van der Waals surface area contributed by atoms with E-state index in [1.165, 1.54) is 24.0 Å². The van der Waals surface area contributed by atoms with Gasteiger partial charge in [0.05, 0.1) is 5.60 Å². The Morgan fingerprint density at radius 3 is 2.21 bits per heavy atom. The number of hydrogen-bond acceptors (Lipinski definition) is 2. The molecule has 3 rings (SSSR count). The summed E-state index contributed by atoms with van der Waals surface area (Å²) in [5, 5.41) is 11.7. The molecule has 0 bridgehead atoms. The summed E-state index contributed by atoms with van der Waals surface area (Å²) in [6, 6.07) is 18.9. The lowest BCUT2D eigenvalue weighted by molar-refractivity contribution is -0.00674. The first kappa shape index (κ1) is 17.2. The Labute approximate surface area is 146 Å². The van der Waals surface area contributed by atoms with Gasteiger partial charge in [-0.2, -0.15) is 0 Å². The fourth-order valence-electron chi connectivity index (χ4n) is 3.93. The zero-order chi connectivity index (χ0) is 17.0. The van der Waals surface area contributed by atoms with Gasteiger partial charge in [-0.1, -0.05) is 67.1 Å². The van der Waals surface area contributed by atoms with E-state index in [1.54, 1.807) is 0 Å². The molecule has 24 heavy (non-hydrogen) atoms. The van der Waals surface area contributed by atoms with Gasteiger partial charge in [0.15, 0.2) is 0 Å². The van der Waals surface area contributed by atoms with Crippen LogP contribution in [0, 0.1) is 6.92 Å². The Balaban J connectivity index is 1.98. The molecule has 1 fully saturated rings. The summed E-state index contributed by atoms with van der Waals surface area (Å²) in [6.45, 7) is 7.41. The lowest BCUT2D eigenvalue weighted by Crippen LogP contribution is -2.40. The first-order valence-corrected chi connectivity index (χ1v) is 9.20. The van der Waals surface area contributed by atoms with Crippen LogP contribution in [-0.4, -0.2) is 29.6 Å². The van der Waals surface area contributed by atoms with E-state index in [9.17, 15) is 5.11 Å². The van der Waals surface area contributed by atoms with E-state index in [1.807, 2.05) is 6.07 Å². The molecule has 2 aromatic carbocycles. The number of nitrogens with zero attached hydrogens (tertiary/aromatic N) is 1. The second-order valence-corrected chi connectivity index (χ2v) is 7.11. The number of hydrogen-bond donors (Lipinski definition) is 1. The van der Waals surface area contributed by atoms with E-state index in [0.717, 1.165) is 25.2 Å². The van der Waals surface area contributed by atoms with Crippen molar-refractivity contribution >= 4 is 0 Å². The predicted molar refractivity (Wildman–Crippen MR) is 100 cm³/mol. The van der Waals surface area contributed by atoms with Gasteiger partial charge < -0.3 is 10.0 Å². The maximum Gasteiger partial charge on any atom is 0.0974 e. The highest BCUT2D eigenvalue weighted by atomic mass is 16.3. The molecule has 1 heterocycles. The monoisotopic (exact) mass is 323 g/mol. The van der Waals surface area contributed by atoms with Crippen LogP contribution in [0.4, 0.5) is 0 Å². The molecule has 0 aromatic heterocycles. The van der Waals surface area contributed by atoms with Crippen LogP contribution in [0.25, 0.3) is 0 Å². The van der Waals surface area contributed by atoms with Crippen LogP contribution >= 0.6 is 0 Å². The van der Waals surface area contributed by atoms with Gasteiger partial charge >= 0.3 is 0 Å². The predicted octanol–water partition coefficient (Wildman–Crippen LogP) is 4.47. The zero-order valence-corrected chi connectivity index (χ0v) is 14.9. The zero-order valence-electron chi connectivity index (χ0n) is 14.9. The molecular formula is C22H29NO. The molecule has 1 saturated heterocycles. The molecule has 0 amide bonds. The maximum absolute atomic E-state index is 11.7. The molecule has 1 N–H and O–H groups in total. The van der Waals surface area contributed by atoms with E-state index in [2.05, 4.69) is 67.3 Å². The van der Waals surface area contributed by atoms with Gasteiger partial charge in [0.2, 0.25) is 0 Å². The van der Waals surface area contributed by atoms with Crippen LogP contribution in [-0.2, 0) is 5.60 Å². The van der Waals surface area contributed by atoms with Crippen molar-refractivity contribution in [3.8, 4) is 0 Å². The largest absolute Gasteiger partial charge is 0.384 e. The Hall–Kier alpha value is -1.64. The summed E-state index contributed by atoms with van der Waals surface area (Å²) in [4.78, 5) is 2.51. The Morgan fingerprint density at radius 1 is 1.00 bits per heavy atom. The van der Waals surface area contributed by atoms with Gasteiger partial charge in [-0.3, -0.25) is 0 Å². The molecule has 2 atom stereocenters. The van der Waals surface area contributed by atoms with Crippen LogP contribution in [0.15, 0.2) is 54.6 Å². The van der Waals surface area contributed by atoms with Crippen LogP contribution in [0.2, 0.25) is 0 Å². The fraction of sp³-hybridized carbons (Fsp3) is 0.455. The first-order valence-electron chi connectivity index (χ1n) is 9.20. The minimum Gasteiger partial charge on any atom is -0.384 e. The standard InChI is InChI=1S/C22H29NO/c1-3-22(24,20-13-11-18(2)12-14-20)21(17-23-15-7-8-16-23)19-9-5-4-6-10-19/h4-6,9-14,21,24H,3,7-8,15-17H2,1-2H3. The Bertz CT molecular complexity index is 631. The molecule has 0 radical (unpaired) electrons. The molecule has 2 nitrogen and oxygen atoms in total. The molecule has 0 spiro atoms. The first-order chi connectivity index (χ1) is 11.6. The minimum absolute atomic E-state index is 0.0875. The smallest absolute Gasteiger partial charge is 0.0974 e. The van der Waals surface area contributed by atoms with Gasteiger partial charge in [0.25, 0.3) is 0 Å². The van der Waals surface area contributed by atoms with Crippen molar-refractivity contribution < 1.29 is 5.11 Å². The number of aliphatic hydroxyl groups is 1. The van der Waals surface area contributed by atoms with Gasteiger partial charge in [0, 0.05) is 12.5 Å². The van der Waals surface area contributed by atoms with Crippen molar-refractivity contribution in [1.82, 2.24) is 4.90 Å². The number of aryl methyl sites for hydroxylation is 1. The summed E-state index contributed by atoms with van der Waals surface area (Å²) >= 11 is 0. The van der Waals surface area contributed by atoms with E-state index < -0.39 is 5.60 Å². The van der Waals surface area contributed by atoms with E-state index in [0.29, 0.717) is 6.42 Å². The van der Waals surface area contributed by atoms with Crippen LogP contribution in [0.3, 0.4) is 0 Å². The molecule has 0 aliphatic carbocycles. The molecular weight excluding hydrogens is 294 g/mol. The fourth-order valence-corrected chi connectivity index (χ4v) is 3.93.